The molecule has 0 saturated carbocycles. The van der Waals surface area contributed by atoms with Gasteiger partial charge in [-0.2, -0.15) is 4.68 Å². The summed E-state index contributed by atoms with van der Waals surface area (Å²) in [7, 11) is 1.70. The maximum absolute atomic E-state index is 5.23. The second-order valence-electron chi connectivity index (χ2n) is 7.20. The van der Waals surface area contributed by atoms with Crippen molar-refractivity contribution in [3.63, 3.8) is 0 Å². The fourth-order valence-electron chi connectivity index (χ4n) is 3.61. The molecule has 1 N–H and O–H groups in total. The van der Waals surface area contributed by atoms with Crippen LogP contribution < -0.4 is 10.1 Å². The Morgan fingerprint density at radius 3 is 2.50 bits per heavy atom. The molecule has 1 saturated heterocycles. The van der Waals surface area contributed by atoms with E-state index in [1.54, 1.807) is 11.8 Å². The van der Waals surface area contributed by atoms with Gasteiger partial charge >= 0.3 is 0 Å². The third kappa shape index (κ3) is 4.48. The minimum absolute atomic E-state index is 0.632. The van der Waals surface area contributed by atoms with Crippen LogP contribution in [0.2, 0.25) is 0 Å². The number of nitrogens with zero attached hydrogens (tertiary/aromatic N) is 5. The highest BCUT2D eigenvalue weighted by atomic mass is 16.5. The van der Waals surface area contributed by atoms with Gasteiger partial charge in [0.15, 0.2) is 0 Å². The maximum Gasteiger partial charge on any atom is 0.247 e. The fraction of sp³-hybridized carbons (Fsp3) is 0.381. The van der Waals surface area contributed by atoms with Crippen molar-refractivity contribution in [2.75, 3.05) is 32.1 Å². The molecule has 2 aromatic carbocycles. The second-order valence-corrected chi connectivity index (χ2v) is 7.20. The third-order valence-corrected chi connectivity index (χ3v) is 5.29. The highest BCUT2D eigenvalue weighted by Crippen LogP contribution is 2.21. The van der Waals surface area contributed by atoms with Crippen molar-refractivity contribution >= 4 is 5.95 Å². The minimum atomic E-state index is 0.632. The number of nitrogens with one attached hydrogen (secondary N) is 1. The van der Waals surface area contributed by atoms with E-state index in [1.165, 1.54) is 18.4 Å². The lowest BCUT2D eigenvalue weighted by atomic mass is 9.96. The Labute approximate surface area is 165 Å². The van der Waals surface area contributed by atoms with Gasteiger partial charge in [0.25, 0.3) is 0 Å². The number of tetrazole rings is 1. The summed E-state index contributed by atoms with van der Waals surface area (Å²) in [5, 5.41) is 15.5. The first-order valence-electron chi connectivity index (χ1n) is 9.75. The molecular weight excluding hydrogens is 352 g/mol. The van der Waals surface area contributed by atoms with Crippen molar-refractivity contribution in [2.24, 2.45) is 5.92 Å². The van der Waals surface area contributed by atoms with E-state index >= 15 is 0 Å². The topological polar surface area (TPSA) is 68.1 Å². The molecule has 1 aromatic heterocycles. The van der Waals surface area contributed by atoms with E-state index in [9.17, 15) is 0 Å². The van der Waals surface area contributed by atoms with Crippen LogP contribution in [0.25, 0.3) is 5.69 Å². The van der Waals surface area contributed by atoms with Crippen molar-refractivity contribution in [1.82, 2.24) is 25.1 Å². The van der Waals surface area contributed by atoms with Crippen LogP contribution in [0.1, 0.15) is 18.4 Å². The van der Waals surface area contributed by atoms with Gasteiger partial charge in [-0.15, -0.1) is 0 Å². The molecule has 1 aliphatic rings. The van der Waals surface area contributed by atoms with Gasteiger partial charge < -0.3 is 10.1 Å². The number of hydrogen-bond donors (Lipinski definition) is 1. The predicted octanol–water partition coefficient (Wildman–Crippen LogP) is 3.00. The number of hydrogen-bond acceptors (Lipinski definition) is 6. The summed E-state index contributed by atoms with van der Waals surface area (Å²) in [6.45, 7) is 4.12. The molecule has 0 spiro atoms. The number of benzene rings is 2. The smallest absolute Gasteiger partial charge is 0.247 e. The molecule has 0 aliphatic carbocycles. The number of likely N-dealkylation sites (tertiary alicyclic amines) is 1. The number of piperidine rings is 1. The molecule has 3 aromatic rings. The van der Waals surface area contributed by atoms with E-state index in [4.69, 9.17) is 4.74 Å². The van der Waals surface area contributed by atoms with Gasteiger partial charge in [0.2, 0.25) is 5.95 Å². The van der Waals surface area contributed by atoms with Gasteiger partial charge in [0.05, 0.1) is 12.8 Å². The van der Waals surface area contributed by atoms with Gasteiger partial charge in [0.1, 0.15) is 5.75 Å². The van der Waals surface area contributed by atoms with Crippen LogP contribution in [0.4, 0.5) is 5.95 Å². The maximum atomic E-state index is 5.23. The zero-order chi connectivity index (χ0) is 19.2. The molecular formula is C21H26N6O. The summed E-state index contributed by atoms with van der Waals surface area (Å²) in [5.41, 5.74) is 2.30. The van der Waals surface area contributed by atoms with Gasteiger partial charge in [-0.25, -0.2) is 0 Å². The zero-order valence-corrected chi connectivity index (χ0v) is 16.2. The van der Waals surface area contributed by atoms with Crippen molar-refractivity contribution in [1.29, 1.82) is 0 Å². The number of aromatic nitrogens is 4. The van der Waals surface area contributed by atoms with Crippen molar-refractivity contribution < 1.29 is 4.74 Å². The number of rotatable bonds is 7. The SMILES string of the molecule is COc1ccc(CN2CCC(CNc3nnnn3-c3ccccc3)CC2)cc1. The van der Waals surface area contributed by atoms with Crippen LogP contribution in [0.5, 0.6) is 5.75 Å². The standard InChI is InChI=1S/C21H26N6O/c1-28-20-9-7-18(8-10-20)16-26-13-11-17(12-14-26)15-22-21-23-24-25-27(21)19-5-3-2-4-6-19/h2-10,17H,11-16H2,1H3,(H,22,23,25). The molecule has 28 heavy (non-hydrogen) atoms. The van der Waals surface area contributed by atoms with E-state index in [2.05, 4.69) is 37.9 Å². The summed E-state index contributed by atoms with van der Waals surface area (Å²) in [6.07, 6.45) is 2.35. The summed E-state index contributed by atoms with van der Waals surface area (Å²) in [4.78, 5) is 2.52. The lowest BCUT2D eigenvalue weighted by Crippen LogP contribution is -2.35. The first-order chi connectivity index (χ1) is 13.8. The molecule has 4 rings (SSSR count). The van der Waals surface area contributed by atoms with Gasteiger partial charge in [-0.05, 0) is 72.1 Å². The van der Waals surface area contributed by atoms with Gasteiger partial charge in [-0.3, -0.25) is 4.90 Å². The van der Waals surface area contributed by atoms with E-state index in [1.807, 2.05) is 42.5 Å². The summed E-state index contributed by atoms with van der Waals surface area (Å²) >= 11 is 0. The molecule has 0 atom stereocenters. The lowest BCUT2D eigenvalue weighted by Gasteiger charge is -2.32. The van der Waals surface area contributed by atoms with E-state index in [0.29, 0.717) is 11.9 Å². The summed E-state index contributed by atoms with van der Waals surface area (Å²) in [6, 6.07) is 18.3. The molecule has 7 heteroatoms. The fourth-order valence-corrected chi connectivity index (χ4v) is 3.61. The largest absolute Gasteiger partial charge is 0.497 e. The Balaban J connectivity index is 1.26. The molecule has 0 unspecified atom stereocenters. The molecule has 2 heterocycles. The first-order valence-corrected chi connectivity index (χ1v) is 9.75. The van der Waals surface area contributed by atoms with Crippen LogP contribution in [0.15, 0.2) is 54.6 Å². The van der Waals surface area contributed by atoms with Crippen molar-refractivity contribution in [3.05, 3.63) is 60.2 Å². The quantitative estimate of drug-likeness (QED) is 0.682. The number of anilines is 1. The number of methoxy groups -OCH3 is 1. The average molecular weight is 378 g/mol. The predicted molar refractivity (Wildman–Crippen MR) is 109 cm³/mol. The number of para-hydroxylation sites is 1. The Morgan fingerprint density at radius 1 is 1.04 bits per heavy atom. The molecule has 1 aliphatic heterocycles. The Bertz CT molecular complexity index is 856. The van der Waals surface area contributed by atoms with E-state index < -0.39 is 0 Å². The normalized spacial score (nSPS) is 15.5. The van der Waals surface area contributed by atoms with Crippen molar-refractivity contribution in [3.8, 4) is 11.4 Å². The summed E-state index contributed by atoms with van der Waals surface area (Å²) in [5.74, 6) is 2.24. The molecule has 1 fully saturated rings. The lowest BCUT2D eigenvalue weighted by molar-refractivity contribution is 0.182. The highest BCUT2D eigenvalue weighted by Gasteiger charge is 2.20. The zero-order valence-electron chi connectivity index (χ0n) is 16.2. The minimum Gasteiger partial charge on any atom is -0.497 e. The second kappa shape index (κ2) is 8.84. The van der Waals surface area contributed by atoms with E-state index in [-0.39, 0.29) is 0 Å². The van der Waals surface area contributed by atoms with Crippen LogP contribution in [0, 0.1) is 5.92 Å². The summed E-state index contributed by atoms with van der Waals surface area (Å²) < 4.78 is 6.98. The molecule has 7 nitrogen and oxygen atoms in total. The van der Waals surface area contributed by atoms with Crippen LogP contribution in [-0.2, 0) is 6.54 Å². The van der Waals surface area contributed by atoms with Gasteiger partial charge in [-0.1, -0.05) is 35.4 Å². The first kappa shape index (κ1) is 18.4. The number of ether oxygens (including phenoxy) is 1. The average Bonchev–Trinajstić information content (AvgIpc) is 3.23. The van der Waals surface area contributed by atoms with Crippen LogP contribution in [-0.4, -0.2) is 51.9 Å². The Kier molecular flexibility index (Phi) is 5.82. The molecule has 0 amide bonds. The Hall–Kier alpha value is -2.93. The Morgan fingerprint density at radius 2 is 1.79 bits per heavy atom. The molecule has 0 radical (unpaired) electrons. The van der Waals surface area contributed by atoms with Crippen LogP contribution >= 0.6 is 0 Å². The molecule has 0 bridgehead atoms. The monoisotopic (exact) mass is 378 g/mol. The molecule has 146 valence electrons. The van der Waals surface area contributed by atoms with Crippen LogP contribution in [0.3, 0.4) is 0 Å². The van der Waals surface area contributed by atoms with Gasteiger partial charge in [0, 0.05) is 13.1 Å². The van der Waals surface area contributed by atoms with Crippen molar-refractivity contribution in [2.45, 2.75) is 19.4 Å². The third-order valence-electron chi connectivity index (χ3n) is 5.29. The highest BCUT2D eigenvalue weighted by molar-refractivity contribution is 5.38. The van der Waals surface area contributed by atoms with E-state index in [0.717, 1.165) is 37.6 Å².